The Labute approximate surface area is 184 Å². The minimum Gasteiger partial charge on any atom is -0.497 e. The van der Waals surface area contributed by atoms with E-state index < -0.39 is 0 Å². The van der Waals surface area contributed by atoms with Crippen LogP contribution in [0.15, 0.2) is 60.0 Å². The maximum Gasteiger partial charge on any atom is 0.230 e. The van der Waals surface area contributed by atoms with E-state index in [0.717, 1.165) is 35.5 Å². The van der Waals surface area contributed by atoms with Crippen LogP contribution in [-0.2, 0) is 16.1 Å². The monoisotopic (exact) mass is 437 g/mol. The zero-order valence-corrected chi connectivity index (χ0v) is 17.9. The summed E-state index contributed by atoms with van der Waals surface area (Å²) >= 11 is 1.31. The summed E-state index contributed by atoms with van der Waals surface area (Å²) in [5.41, 5.74) is 2.57. The molecule has 0 bridgehead atoms. The number of amides is 2. The molecule has 1 aliphatic carbocycles. The summed E-state index contributed by atoms with van der Waals surface area (Å²) < 4.78 is 7.00. The van der Waals surface area contributed by atoms with E-state index in [2.05, 4.69) is 20.8 Å². The molecule has 0 spiro atoms. The number of hydrogen-bond donors (Lipinski definition) is 2. The zero-order chi connectivity index (χ0) is 21.6. The van der Waals surface area contributed by atoms with Crippen LogP contribution in [0.4, 0.5) is 5.69 Å². The number of hydrogen-bond acceptors (Lipinski definition) is 6. The van der Waals surface area contributed by atoms with Crippen molar-refractivity contribution in [1.29, 1.82) is 0 Å². The molecule has 9 heteroatoms. The summed E-state index contributed by atoms with van der Waals surface area (Å²) in [6.45, 7) is 0.387. The Kier molecular flexibility index (Phi) is 6.51. The molecule has 3 aromatic rings. The molecule has 1 heterocycles. The van der Waals surface area contributed by atoms with Crippen LogP contribution in [0.1, 0.15) is 18.4 Å². The SMILES string of the molecule is COc1ccc(-n2cnnc2SCC(=O)NCc2cccc(NC(=O)C3CC3)c2)cc1. The predicted molar refractivity (Wildman–Crippen MR) is 118 cm³/mol. The Morgan fingerprint density at radius 1 is 1.19 bits per heavy atom. The molecular formula is C22H23N5O3S. The number of thioether (sulfide) groups is 1. The number of rotatable bonds is 9. The Morgan fingerprint density at radius 3 is 2.74 bits per heavy atom. The van der Waals surface area contributed by atoms with Gasteiger partial charge >= 0.3 is 0 Å². The Balaban J connectivity index is 1.28. The van der Waals surface area contributed by atoms with Crippen LogP contribution in [0.3, 0.4) is 0 Å². The van der Waals surface area contributed by atoms with Crippen molar-refractivity contribution in [3.05, 3.63) is 60.4 Å². The zero-order valence-electron chi connectivity index (χ0n) is 17.1. The maximum atomic E-state index is 12.3. The van der Waals surface area contributed by atoms with Crippen molar-refractivity contribution in [2.45, 2.75) is 24.5 Å². The number of aromatic nitrogens is 3. The average molecular weight is 438 g/mol. The van der Waals surface area contributed by atoms with Crippen LogP contribution in [0.2, 0.25) is 0 Å². The second kappa shape index (κ2) is 9.65. The van der Waals surface area contributed by atoms with Gasteiger partial charge in [-0.1, -0.05) is 23.9 Å². The van der Waals surface area contributed by atoms with Gasteiger partial charge in [0.15, 0.2) is 5.16 Å². The van der Waals surface area contributed by atoms with E-state index in [1.165, 1.54) is 11.8 Å². The number of benzene rings is 2. The molecule has 2 N–H and O–H groups in total. The number of nitrogens with zero attached hydrogens (tertiary/aromatic N) is 3. The van der Waals surface area contributed by atoms with E-state index in [4.69, 9.17) is 4.74 Å². The highest BCUT2D eigenvalue weighted by Gasteiger charge is 2.29. The quantitative estimate of drug-likeness (QED) is 0.500. The fourth-order valence-electron chi connectivity index (χ4n) is 2.97. The van der Waals surface area contributed by atoms with Crippen LogP contribution in [-0.4, -0.2) is 39.4 Å². The van der Waals surface area contributed by atoms with Gasteiger partial charge in [0.05, 0.1) is 12.9 Å². The van der Waals surface area contributed by atoms with Crippen molar-refractivity contribution in [3.8, 4) is 11.4 Å². The molecule has 1 fully saturated rings. The summed E-state index contributed by atoms with van der Waals surface area (Å²) in [5, 5.41) is 14.5. The third-order valence-corrected chi connectivity index (χ3v) is 5.77. The van der Waals surface area contributed by atoms with E-state index in [0.29, 0.717) is 11.7 Å². The van der Waals surface area contributed by atoms with Gasteiger partial charge in [-0.05, 0) is 54.8 Å². The van der Waals surface area contributed by atoms with E-state index in [1.807, 2.05) is 53.1 Å². The summed E-state index contributed by atoms with van der Waals surface area (Å²) in [6, 6.07) is 15.1. The molecule has 0 radical (unpaired) electrons. The highest BCUT2D eigenvalue weighted by molar-refractivity contribution is 7.99. The van der Waals surface area contributed by atoms with Gasteiger partial charge in [-0.15, -0.1) is 10.2 Å². The smallest absolute Gasteiger partial charge is 0.230 e. The highest BCUT2D eigenvalue weighted by Crippen LogP contribution is 2.30. The highest BCUT2D eigenvalue weighted by atomic mass is 32.2. The van der Waals surface area contributed by atoms with Crippen molar-refractivity contribution in [1.82, 2.24) is 20.1 Å². The molecule has 1 saturated carbocycles. The predicted octanol–water partition coefficient (Wildman–Crippen LogP) is 3.03. The average Bonchev–Trinajstić information content (AvgIpc) is 3.55. The molecular weight excluding hydrogens is 414 g/mol. The molecule has 4 rings (SSSR count). The van der Waals surface area contributed by atoms with Crippen LogP contribution >= 0.6 is 11.8 Å². The molecule has 0 saturated heterocycles. The van der Waals surface area contributed by atoms with Crippen LogP contribution in [0.5, 0.6) is 5.75 Å². The van der Waals surface area contributed by atoms with E-state index in [1.54, 1.807) is 13.4 Å². The van der Waals surface area contributed by atoms with E-state index in [9.17, 15) is 9.59 Å². The molecule has 160 valence electrons. The summed E-state index contributed by atoms with van der Waals surface area (Å²) in [4.78, 5) is 24.2. The molecule has 2 aromatic carbocycles. The molecule has 0 unspecified atom stereocenters. The van der Waals surface area contributed by atoms with Crippen molar-refractivity contribution in [2.24, 2.45) is 5.92 Å². The number of anilines is 1. The minimum atomic E-state index is -0.110. The van der Waals surface area contributed by atoms with Gasteiger partial charge < -0.3 is 15.4 Å². The summed E-state index contributed by atoms with van der Waals surface area (Å²) in [5.74, 6) is 1.09. The number of nitrogens with one attached hydrogen (secondary N) is 2. The minimum absolute atomic E-state index is 0.0681. The fourth-order valence-corrected chi connectivity index (χ4v) is 3.73. The van der Waals surface area contributed by atoms with Gasteiger partial charge in [0.2, 0.25) is 11.8 Å². The molecule has 1 aromatic heterocycles. The molecule has 2 amide bonds. The van der Waals surface area contributed by atoms with Crippen molar-refractivity contribution >= 4 is 29.3 Å². The van der Waals surface area contributed by atoms with E-state index in [-0.39, 0.29) is 23.5 Å². The van der Waals surface area contributed by atoms with Gasteiger partial charge in [-0.25, -0.2) is 0 Å². The van der Waals surface area contributed by atoms with Gasteiger partial charge in [-0.2, -0.15) is 0 Å². The standard InChI is InChI=1S/C22H23N5O3S/c1-30-19-9-7-18(8-10-19)27-14-24-26-22(27)31-13-20(28)23-12-15-3-2-4-17(11-15)25-21(29)16-5-6-16/h2-4,7-11,14,16H,5-6,12-13H2,1H3,(H,23,28)(H,25,29). The molecule has 0 atom stereocenters. The number of carbonyl (C=O) groups excluding carboxylic acids is 2. The number of carbonyl (C=O) groups is 2. The Hall–Kier alpha value is -3.33. The number of methoxy groups -OCH3 is 1. The van der Waals surface area contributed by atoms with Crippen LogP contribution < -0.4 is 15.4 Å². The Morgan fingerprint density at radius 2 is 2.00 bits per heavy atom. The lowest BCUT2D eigenvalue weighted by Crippen LogP contribution is -2.24. The normalized spacial score (nSPS) is 12.9. The second-order valence-corrected chi connectivity index (χ2v) is 8.15. The lowest BCUT2D eigenvalue weighted by Gasteiger charge is -2.09. The van der Waals surface area contributed by atoms with Gasteiger partial charge in [-0.3, -0.25) is 14.2 Å². The topological polar surface area (TPSA) is 98.1 Å². The summed E-state index contributed by atoms with van der Waals surface area (Å²) in [7, 11) is 1.62. The van der Waals surface area contributed by atoms with Crippen molar-refractivity contribution in [3.63, 3.8) is 0 Å². The first kappa shape index (κ1) is 20.9. The van der Waals surface area contributed by atoms with Crippen molar-refractivity contribution in [2.75, 3.05) is 18.2 Å². The van der Waals surface area contributed by atoms with Crippen molar-refractivity contribution < 1.29 is 14.3 Å². The molecule has 0 aliphatic heterocycles. The fraction of sp³-hybridized carbons (Fsp3) is 0.273. The molecule has 31 heavy (non-hydrogen) atoms. The first-order valence-corrected chi connectivity index (χ1v) is 10.9. The second-order valence-electron chi connectivity index (χ2n) is 7.21. The maximum absolute atomic E-state index is 12.3. The number of ether oxygens (including phenoxy) is 1. The first-order chi connectivity index (χ1) is 15.1. The largest absolute Gasteiger partial charge is 0.497 e. The first-order valence-electron chi connectivity index (χ1n) is 9.96. The third kappa shape index (κ3) is 5.64. The lowest BCUT2D eigenvalue weighted by atomic mass is 10.2. The Bertz CT molecular complexity index is 1060. The summed E-state index contributed by atoms with van der Waals surface area (Å²) in [6.07, 6.45) is 3.54. The van der Waals surface area contributed by atoms with Gasteiger partial charge in [0.25, 0.3) is 0 Å². The van der Waals surface area contributed by atoms with Crippen LogP contribution in [0.25, 0.3) is 5.69 Å². The lowest BCUT2D eigenvalue weighted by molar-refractivity contribution is -0.119. The van der Waals surface area contributed by atoms with E-state index >= 15 is 0 Å². The molecule has 8 nitrogen and oxygen atoms in total. The van der Waals surface area contributed by atoms with Gasteiger partial charge in [0, 0.05) is 23.8 Å². The van der Waals surface area contributed by atoms with Gasteiger partial charge in [0.1, 0.15) is 12.1 Å². The van der Waals surface area contributed by atoms with Crippen LogP contribution in [0, 0.1) is 5.92 Å². The molecule has 1 aliphatic rings. The third-order valence-electron chi connectivity index (χ3n) is 4.83.